The second kappa shape index (κ2) is 13.6. The number of hydrogen-bond acceptors (Lipinski definition) is 6. The first-order valence-corrected chi connectivity index (χ1v) is 14.6. The van der Waals surface area contributed by atoms with Crippen LogP contribution in [0.5, 0.6) is 11.5 Å². The zero-order valence-electron chi connectivity index (χ0n) is 24.9. The third-order valence-electron chi connectivity index (χ3n) is 7.13. The molecular formula is C33H35Cl2F2N3O3. The standard InChI is InChI=1S/C33H35Cl2F2N3O3/c1-18(2)39-31-19(3)14-21(15-27(31)42-6)43-38-17-23(20-10-8-7-9-11-20)26-16-24(33(4,5)41)30(37)32(40-26)22-12-13-25(36)29(35)28(22)34/h7-10,12-16,20,23,38,41H,11,17H2,1-6H3. The summed E-state index contributed by atoms with van der Waals surface area (Å²) in [6.07, 6.45) is 8.70. The molecule has 0 fully saturated rings. The molecule has 2 N–H and O–H groups in total. The highest BCUT2D eigenvalue weighted by Gasteiger charge is 2.31. The number of benzene rings is 2. The van der Waals surface area contributed by atoms with E-state index in [2.05, 4.69) is 16.5 Å². The maximum atomic E-state index is 15.9. The summed E-state index contributed by atoms with van der Waals surface area (Å²) in [6.45, 7) is 9.00. The molecule has 0 bridgehead atoms. The van der Waals surface area contributed by atoms with E-state index in [-0.39, 0.29) is 45.2 Å². The smallest absolute Gasteiger partial charge is 0.155 e. The van der Waals surface area contributed by atoms with Gasteiger partial charge in [-0.15, -0.1) is 0 Å². The Hall–Kier alpha value is -3.30. The largest absolute Gasteiger partial charge is 0.494 e. The molecule has 0 aliphatic heterocycles. The van der Waals surface area contributed by atoms with Gasteiger partial charge in [0.05, 0.1) is 22.8 Å². The number of ether oxygens (including phenoxy) is 1. The van der Waals surface area contributed by atoms with Crippen molar-refractivity contribution in [2.45, 2.75) is 52.6 Å². The first kappa shape index (κ1) is 32.6. The topological polar surface area (TPSA) is 76.0 Å². The zero-order chi connectivity index (χ0) is 31.5. The van der Waals surface area contributed by atoms with Gasteiger partial charge in [-0.25, -0.2) is 13.8 Å². The molecule has 0 spiro atoms. The van der Waals surface area contributed by atoms with Crippen LogP contribution in [0.2, 0.25) is 10.0 Å². The van der Waals surface area contributed by atoms with Gasteiger partial charge in [0, 0.05) is 41.1 Å². The van der Waals surface area contributed by atoms with Gasteiger partial charge in [0.1, 0.15) is 22.9 Å². The molecule has 2 unspecified atom stereocenters. The van der Waals surface area contributed by atoms with Crippen molar-refractivity contribution in [3.63, 3.8) is 0 Å². The van der Waals surface area contributed by atoms with Gasteiger partial charge in [-0.05, 0) is 76.8 Å². The summed E-state index contributed by atoms with van der Waals surface area (Å²) in [5, 5.41) is 10.4. The van der Waals surface area contributed by atoms with Gasteiger partial charge in [-0.1, -0.05) is 47.5 Å². The highest BCUT2D eigenvalue weighted by atomic mass is 35.5. The van der Waals surface area contributed by atoms with E-state index in [1.165, 1.54) is 19.9 Å². The van der Waals surface area contributed by atoms with E-state index >= 15 is 4.39 Å². The average molecular weight is 631 g/mol. The van der Waals surface area contributed by atoms with Crippen LogP contribution in [0.1, 0.15) is 56.9 Å². The Bertz CT molecular complexity index is 1600. The molecule has 1 aliphatic carbocycles. The van der Waals surface area contributed by atoms with E-state index in [1.54, 1.807) is 19.2 Å². The fourth-order valence-corrected chi connectivity index (χ4v) is 5.36. The number of allylic oxidation sites excluding steroid dienone is 4. The number of rotatable bonds is 10. The van der Waals surface area contributed by atoms with Crippen molar-refractivity contribution in [1.82, 2.24) is 10.5 Å². The summed E-state index contributed by atoms with van der Waals surface area (Å²) >= 11 is 12.4. The van der Waals surface area contributed by atoms with E-state index in [1.807, 2.05) is 45.1 Å². The summed E-state index contributed by atoms with van der Waals surface area (Å²) in [7, 11) is 1.58. The number of methoxy groups -OCH3 is 1. The summed E-state index contributed by atoms with van der Waals surface area (Å²) in [5.74, 6) is -0.762. The summed E-state index contributed by atoms with van der Waals surface area (Å²) in [6, 6.07) is 7.61. The van der Waals surface area contributed by atoms with Crippen LogP contribution in [0.25, 0.3) is 11.3 Å². The number of halogens is 4. The molecule has 4 rings (SSSR count). The van der Waals surface area contributed by atoms with Crippen molar-refractivity contribution in [3.8, 4) is 22.8 Å². The molecule has 0 radical (unpaired) electrons. The summed E-state index contributed by atoms with van der Waals surface area (Å²) in [5.41, 5.74) is 4.50. The lowest BCUT2D eigenvalue weighted by molar-refractivity contribution is 0.0743. The molecule has 3 aromatic rings. The average Bonchev–Trinajstić information content (AvgIpc) is 2.95. The van der Waals surface area contributed by atoms with Gasteiger partial charge >= 0.3 is 0 Å². The lowest BCUT2D eigenvalue weighted by atomic mass is 9.83. The molecule has 0 amide bonds. The normalized spacial score (nSPS) is 15.4. The van der Waals surface area contributed by atoms with E-state index in [0.29, 0.717) is 23.6 Å². The Kier molecular flexibility index (Phi) is 10.3. The third-order valence-corrected chi connectivity index (χ3v) is 7.98. The molecule has 6 nitrogen and oxygen atoms in total. The first-order valence-electron chi connectivity index (χ1n) is 13.8. The van der Waals surface area contributed by atoms with E-state index in [9.17, 15) is 9.50 Å². The predicted molar refractivity (Wildman–Crippen MR) is 169 cm³/mol. The van der Waals surface area contributed by atoms with Gasteiger partial charge in [0.15, 0.2) is 11.6 Å². The Morgan fingerprint density at radius 2 is 1.91 bits per heavy atom. The maximum absolute atomic E-state index is 15.9. The predicted octanol–water partition coefficient (Wildman–Crippen LogP) is 8.79. The van der Waals surface area contributed by atoms with Gasteiger partial charge in [-0.2, -0.15) is 5.48 Å². The van der Waals surface area contributed by atoms with E-state index in [0.717, 1.165) is 23.0 Å². The first-order chi connectivity index (χ1) is 20.3. The van der Waals surface area contributed by atoms with Crippen LogP contribution in [0, 0.1) is 24.5 Å². The number of hydroxylamine groups is 1. The van der Waals surface area contributed by atoms with Gasteiger partial charge in [0.25, 0.3) is 0 Å². The minimum absolute atomic E-state index is 0.0213. The van der Waals surface area contributed by atoms with Crippen LogP contribution in [0.3, 0.4) is 0 Å². The van der Waals surface area contributed by atoms with Crippen molar-refractivity contribution in [3.05, 3.63) is 93.1 Å². The minimum atomic E-state index is -1.56. The summed E-state index contributed by atoms with van der Waals surface area (Å²) in [4.78, 5) is 15.2. The minimum Gasteiger partial charge on any atom is -0.494 e. The number of aromatic nitrogens is 1. The molecule has 228 valence electrons. The Labute approximate surface area is 261 Å². The molecule has 1 aromatic heterocycles. The van der Waals surface area contributed by atoms with Gasteiger partial charge in [0.2, 0.25) is 0 Å². The molecule has 2 atom stereocenters. The number of aryl methyl sites for hydroxylation is 1. The number of nitrogens with zero attached hydrogens (tertiary/aromatic N) is 2. The zero-order valence-corrected chi connectivity index (χ0v) is 26.4. The van der Waals surface area contributed by atoms with Gasteiger partial charge in [-0.3, -0.25) is 4.99 Å². The number of hydrogen-bond donors (Lipinski definition) is 2. The number of aliphatic hydroxyl groups is 1. The Morgan fingerprint density at radius 1 is 1.16 bits per heavy atom. The van der Waals surface area contributed by atoms with Crippen LogP contribution in [-0.4, -0.2) is 29.5 Å². The highest BCUT2D eigenvalue weighted by Crippen LogP contribution is 2.40. The molecule has 0 saturated heterocycles. The second-order valence-electron chi connectivity index (χ2n) is 11.2. The van der Waals surface area contributed by atoms with Crippen molar-refractivity contribution in [2.75, 3.05) is 13.7 Å². The lowest BCUT2D eigenvalue weighted by Gasteiger charge is -2.28. The Balaban J connectivity index is 1.75. The molecule has 43 heavy (non-hydrogen) atoms. The SMILES string of the molecule is COc1cc(ONCC(c2cc(C(C)(C)O)c(F)c(-c3ccc(F)c(Cl)c3Cl)n2)C2C=CC=CC2)cc(C)c1N=C(C)C. The van der Waals surface area contributed by atoms with Crippen molar-refractivity contribution in [1.29, 1.82) is 0 Å². The fourth-order valence-electron chi connectivity index (χ4n) is 4.96. The van der Waals surface area contributed by atoms with Gasteiger partial charge < -0.3 is 14.7 Å². The molecule has 10 heteroatoms. The maximum Gasteiger partial charge on any atom is 0.155 e. The molecule has 1 aliphatic rings. The quantitative estimate of drug-likeness (QED) is 0.133. The van der Waals surface area contributed by atoms with E-state index in [4.69, 9.17) is 37.8 Å². The van der Waals surface area contributed by atoms with Crippen LogP contribution in [0.15, 0.2) is 59.6 Å². The molecule has 1 heterocycles. The van der Waals surface area contributed by atoms with Crippen molar-refractivity contribution < 1.29 is 23.5 Å². The van der Waals surface area contributed by atoms with Crippen molar-refractivity contribution >= 4 is 34.6 Å². The molecule has 0 saturated carbocycles. The van der Waals surface area contributed by atoms with Crippen LogP contribution >= 0.6 is 23.2 Å². The molecular weight excluding hydrogens is 595 g/mol. The third kappa shape index (κ3) is 7.44. The van der Waals surface area contributed by atoms with Crippen LogP contribution in [0.4, 0.5) is 14.5 Å². The molecule has 2 aromatic carbocycles. The highest BCUT2D eigenvalue weighted by molar-refractivity contribution is 6.43. The monoisotopic (exact) mass is 629 g/mol. The second-order valence-corrected chi connectivity index (χ2v) is 11.9. The lowest BCUT2D eigenvalue weighted by Crippen LogP contribution is -2.30. The Morgan fingerprint density at radius 3 is 2.53 bits per heavy atom. The number of nitrogens with one attached hydrogen (secondary N) is 1. The van der Waals surface area contributed by atoms with E-state index < -0.39 is 17.2 Å². The van der Waals surface area contributed by atoms with Crippen LogP contribution < -0.4 is 15.1 Å². The number of aliphatic imine (C=N–C) groups is 1. The summed E-state index contributed by atoms with van der Waals surface area (Å²) < 4.78 is 35.6. The fraction of sp³-hybridized carbons (Fsp3) is 0.333. The number of pyridine rings is 1. The van der Waals surface area contributed by atoms with Crippen molar-refractivity contribution in [2.24, 2.45) is 10.9 Å². The van der Waals surface area contributed by atoms with Crippen LogP contribution in [-0.2, 0) is 5.60 Å².